The second-order valence-corrected chi connectivity index (χ2v) is 4.27. The number of aliphatic hydroxyl groups excluding tert-OH is 1. The van der Waals surface area contributed by atoms with Crippen LogP contribution in [0.2, 0.25) is 5.02 Å². The molecule has 0 saturated heterocycles. The Balaban J connectivity index is 2.52. The second-order valence-electron chi connectivity index (χ2n) is 3.83. The minimum atomic E-state index is 0.180. The van der Waals surface area contributed by atoms with Crippen LogP contribution in [0.4, 0.5) is 0 Å². The molecule has 0 saturated carbocycles. The van der Waals surface area contributed by atoms with Gasteiger partial charge in [-0.3, -0.25) is 0 Å². The molecule has 0 aliphatic heterocycles. The molecule has 0 amide bonds. The van der Waals surface area contributed by atoms with Crippen molar-refractivity contribution in [3.8, 4) is 0 Å². The van der Waals surface area contributed by atoms with Gasteiger partial charge in [-0.2, -0.15) is 0 Å². The molecule has 0 aliphatic carbocycles. The molecule has 0 aromatic heterocycles. The highest BCUT2D eigenvalue weighted by Gasteiger charge is 2.04. The summed E-state index contributed by atoms with van der Waals surface area (Å²) in [6.07, 6.45) is 0. The Hall–Kier alpha value is -1.05. The van der Waals surface area contributed by atoms with Crippen molar-refractivity contribution in [2.75, 3.05) is 6.61 Å². The molecule has 1 N–H and O–H groups in total. The fourth-order valence-corrected chi connectivity index (χ4v) is 1.83. The minimum Gasteiger partial charge on any atom is -0.396 e. The third kappa shape index (κ3) is 2.14. The smallest absolute Gasteiger partial charge is 0.0497 e. The summed E-state index contributed by atoms with van der Waals surface area (Å²) >= 11 is 5.91. The van der Waals surface area contributed by atoms with Crippen LogP contribution in [-0.4, -0.2) is 11.7 Å². The van der Waals surface area contributed by atoms with E-state index in [-0.39, 0.29) is 12.5 Å². The average Bonchev–Trinajstić information content (AvgIpc) is 2.27. The van der Waals surface area contributed by atoms with Crippen molar-refractivity contribution < 1.29 is 5.11 Å². The molecule has 0 spiro atoms. The lowest BCUT2D eigenvalue weighted by atomic mass is 9.98. The standard InChI is InChI=1S/C13H13ClO/c1-9(8-15)10-2-3-12-7-13(14)5-4-11(12)6-10/h2-7,9,15H,8H2,1H3. The molecule has 2 heteroatoms. The molecule has 1 unspecified atom stereocenters. The van der Waals surface area contributed by atoms with Crippen molar-refractivity contribution in [1.82, 2.24) is 0 Å². The SMILES string of the molecule is CC(CO)c1ccc2cc(Cl)ccc2c1. The molecule has 15 heavy (non-hydrogen) atoms. The van der Waals surface area contributed by atoms with E-state index in [2.05, 4.69) is 6.07 Å². The van der Waals surface area contributed by atoms with Crippen molar-refractivity contribution in [3.05, 3.63) is 47.0 Å². The maximum atomic E-state index is 9.08. The van der Waals surface area contributed by atoms with Crippen molar-refractivity contribution in [2.45, 2.75) is 12.8 Å². The zero-order valence-electron chi connectivity index (χ0n) is 8.57. The van der Waals surface area contributed by atoms with Gasteiger partial charge in [0.2, 0.25) is 0 Å². The molecule has 1 atom stereocenters. The Labute approximate surface area is 94.3 Å². The van der Waals surface area contributed by atoms with Crippen LogP contribution in [-0.2, 0) is 0 Å². The zero-order valence-corrected chi connectivity index (χ0v) is 9.33. The van der Waals surface area contributed by atoms with Crippen LogP contribution in [0.15, 0.2) is 36.4 Å². The Morgan fingerprint density at radius 1 is 1.13 bits per heavy atom. The monoisotopic (exact) mass is 220 g/mol. The van der Waals surface area contributed by atoms with E-state index in [1.54, 1.807) is 0 Å². The Morgan fingerprint density at radius 3 is 2.53 bits per heavy atom. The second kappa shape index (κ2) is 4.21. The van der Waals surface area contributed by atoms with E-state index in [9.17, 15) is 0 Å². The first-order valence-corrected chi connectivity index (χ1v) is 5.38. The molecule has 78 valence electrons. The van der Waals surface area contributed by atoms with Gasteiger partial charge in [-0.15, -0.1) is 0 Å². The highest BCUT2D eigenvalue weighted by molar-refractivity contribution is 6.31. The summed E-state index contributed by atoms with van der Waals surface area (Å²) in [6.45, 7) is 2.19. The summed E-state index contributed by atoms with van der Waals surface area (Å²) in [5, 5.41) is 12.1. The van der Waals surface area contributed by atoms with Gasteiger partial charge in [-0.05, 0) is 28.5 Å². The van der Waals surface area contributed by atoms with Crippen LogP contribution in [0.3, 0.4) is 0 Å². The van der Waals surface area contributed by atoms with Gasteiger partial charge in [-0.1, -0.05) is 42.8 Å². The van der Waals surface area contributed by atoms with Crippen molar-refractivity contribution in [1.29, 1.82) is 0 Å². The molecule has 2 aromatic carbocycles. The first-order chi connectivity index (χ1) is 7.20. The van der Waals surface area contributed by atoms with Gasteiger partial charge in [-0.25, -0.2) is 0 Å². The lowest BCUT2D eigenvalue weighted by Crippen LogP contribution is -1.98. The first kappa shape index (κ1) is 10.5. The molecule has 0 fully saturated rings. The number of halogens is 1. The van der Waals surface area contributed by atoms with Crippen LogP contribution in [0.5, 0.6) is 0 Å². The molecule has 0 aliphatic rings. The van der Waals surface area contributed by atoms with E-state index in [0.29, 0.717) is 0 Å². The molecule has 2 aromatic rings. The van der Waals surface area contributed by atoms with E-state index >= 15 is 0 Å². The number of rotatable bonds is 2. The van der Waals surface area contributed by atoms with Gasteiger partial charge in [0.1, 0.15) is 0 Å². The fourth-order valence-electron chi connectivity index (χ4n) is 1.65. The van der Waals surface area contributed by atoms with Crippen molar-refractivity contribution in [2.24, 2.45) is 0 Å². The van der Waals surface area contributed by atoms with Gasteiger partial charge < -0.3 is 5.11 Å². The number of hydrogen-bond acceptors (Lipinski definition) is 1. The fraction of sp³-hybridized carbons (Fsp3) is 0.231. The summed E-state index contributed by atoms with van der Waals surface area (Å²) in [7, 11) is 0. The first-order valence-electron chi connectivity index (χ1n) is 5.01. The van der Waals surface area contributed by atoms with Crippen LogP contribution >= 0.6 is 11.6 Å². The Kier molecular flexibility index (Phi) is 2.94. The average molecular weight is 221 g/mol. The lowest BCUT2D eigenvalue weighted by molar-refractivity contribution is 0.273. The summed E-state index contributed by atoms with van der Waals surface area (Å²) in [5.41, 5.74) is 1.16. The van der Waals surface area contributed by atoms with Crippen LogP contribution < -0.4 is 0 Å². The lowest BCUT2D eigenvalue weighted by Gasteiger charge is -2.09. The summed E-state index contributed by atoms with van der Waals surface area (Å²) < 4.78 is 0. The quantitative estimate of drug-likeness (QED) is 0.820. The van der Waals surface area contributed by atoms with Crippen LogP contribution in [0, 0.1) is 0 Å². The van der Waals surface area contributed by atoms with Gasteiger partial charge in [0.15, 0.2) is 0 Å². The van der Waals surface area contributed by atoms with Crippen molar-refractivity contribution >= 4 is 22.4 Å². The maximum absolute atomic E-state index is 9.08. The molecular formula is C13H13ClO. The van der Waals surface area contributed by atoms with E-state index < -0.39 is 0 Å². The molecule has 1 nitrogen and oxygen atoms in total. The van der Waals surface area contributed by atoms with E-state index in [4.69, 9.17) is 16.7 Å². The van der Waals surface area contributed by atoms with Gasteiger partial charge in [0.05, 0.1) is 0 Å². The largest absolute Gasteiger partial charge is 0.396 e. The molecule has 2 rings (SSSR count). The van der Waals surface area contributed by atoms with Gasteiger partial charge >= 0.3 is 0 Å². The summed E-state index contributed by atoms with van der Waals surface area (Å²) in [6, 6.07) is 12.0. The highest BCUT2D eigenvalue weighted by atomic mass is 35.5. The van der Waals surface area contributed by atoms with Crippen molar-refractivity contribution in [3.63, 3.8) is 0 Å². The number of fused-ring (bicyclic) bond motifs is 1. The zero-order chi connectivity index (χ0) is 10.8. The minimum absolute atomic E-state index is 0.180. The van der Waals surface area contributed by atoms with E-state index in [1.807, 2.05) is 37.3 Å². The molecular weight excluding hydrogens is 208 g/mol. The van der Waals surface area contributed by atoms with Crippen LogP contribution in [0.1, 0.15) is 18.4 Å². The summed E-state index contributed by atoms with van der Waals surface area (Å²) in [5.74, 6) is 0.185. The predicted molar refractivity (Wildman–Crippen MR) is 64.5 cm³/mol. The predicted octanol–water partition coefficient (Wildman–Crippen LogP) is 3.59. The van der Waals surface area contributed by atoms with Crippen LogP contribution in [0.25, 0.3) is 10.8 Å². The number of hydrogen-bond donors (Lipinski definition) is 1. The third-order valence-corrected chi connectivity index (χ3v) is 2.90. The van der Waals surface area contributed by atoms with Gasteiger partial charge in [0, 0.05) is 17.5 Å². The molecule has 0 bridgehead atoms. The van der Waals surface area contributed by atoms with Gasteiger partial charge in [0.25, 0.3) is 0 Å². The molecule has 0 heterocycles. The molecule has 0 radical (unpaired) electrons. The third-order valence-electron chi connectivity index (χ3n) is 2.67. The summed E-state index contributed by atoms with van der Waals surface area (Å²) in [4.78, 5) is 0. The Bertz CT molecular complexity index is 479. The highest BCUT2D eigenvalue weighted by Crippen LogP contribution is 2.23. The van der Waals surface area contributed by atoms with E-state index in [1.165, 1.54) is 0 Å². The normalized spacial score (nSPS) is 13.0. The number of benzene rings is 2. The Morgan fingerprint density at radius 2 is 1.80 bits per heavy atom. The maximum Gasteiger partial charge on any atom is 0.0497 e. The number of aliphatic hydroxyl groups is 1. The van der Waals surface area contributed by atoms with E-state index in [0.717, 1.165) is 21.4 Å². The topological polar surface area (TPSA) is 20.2 Å².